The van der Waals surface area contributed by atoms with Crippen LogP contribution in [0.4, 0.5) is 0 Å². The highest BCUT2D eigenvalue weighted by atomic mass is 16.5. The molecule has 0 bridgehead atoms. The zero-order valence-corrected chi connectivity index (χ0v) is 12.6. The monoisotopic (exact) mass is 267 g/mol. The van der Waals surface area contributed by atoms with Crippen molar-refractivity contribution in [2.24, 2.45) is 0 Å². The van der Waals surface area contributed by atoms with Crippen LogP contribution >= 0.6 is 0 Å². The van der Waals surface area contributed by atoms with Crippen LogP contribution in [0.2, 0.25) is 0 Å². The predicted molar refractivity (Wildman–Crippen MR) is 77.3 cm³/mol. The van der Waals surface area contributed by atoms with E-state index in [0.717, 1.165) is 42.2 Å². The minimum Gasteiger partial charge on any atom is -0.496 e. The topological polar surface area (TPSA) is 39.7 Å². The molecule has 0 fully saturated rings. The molecule has 0 atom stereocenters. The quantitative estimate of drug-likeness (QED) is 0.786. The van der Waals surface area contributed by atoms with Crippen LogP contribution in [0.25, 0.3) is 0 Å². The van der Waals surface area contributed by atoms with E-state index in [0.29, 0.717) is 6.04 Å². The van der Waals surface area contributed by atoms with E-state index in [1.165, 1.54) is 0 Å². The number of hydrogen-bond donors (Lipinski definition) is 1. The second-order valence-corrected chi connectivity index (χ2v) is 4.40. The van der Waals surface area contributed by atoms with Gasteiger partial charge in [-0.3, -0.25) is 0 Å². The summed E-state index contributed by atoms with van der Waals surface area (Å²) < 4.78 is 16.1. The molecule has 1 rings (SSSR count). The van der Waals surface area contributed by atoms with Gasteiger partial charge in [0.25, 0.3) is 0 Å². The molecule has 0 saturated carbocycles. The molecule has 0 heterocycles. The third-order valence-electron chi connectivity index (χ3n) is 3.37. The summed E-state index contributed by atoms with van der Waals surface area (Å²) in [5.74, 6) is 2.31. The van der Waals surface area contributed by atoms with E-state index in [9.17, 15) is 0 Å². The number of nitrogens with one attached hydrogen (secondary N) is 1. The summed E-state index contributed by atoms with van der Waals surface area (Å²) in [7, 11) is 4.96. The molecule has 4 nitrogen and oxygen atoms in total. The van der Waals surface area contributed by atoms with Gasteiger partial charge in [-0.15, -0.1) is 0 Å². The molecule has 1 aromatic rings. The van der Waals surface area contributed by atoms with Crippen molar-refractivity contribution in [1.82, 2.24) is 5.32 Å². The van der Waals surface area contributed by atoms with Gasteiger partial charge in [0.1, 0.15) is 17.2 Å². The third kappa shape index (κ3) is 4.03. The maximum Gasteiger partial charge on any atom is 0.130 e. The SMILES string of the molecule is CCC(CC)NCc1c(OC)cc(OC)cc1OC. The van der Waals surface area contributed by atoms with Gasteiger partial charge in [0.15, 0.2) is 0 Å². The highest BCUT2D eigenvalue weighted by Crippen LogP contribution is 2.33. The Labute approximate surface area is 116 Å². The first-order valence-electron chi connectivity index (χ1n) is 6.72. The smallest absolute Gasteiger partial charge is 0.130 e. The molecule has 0 aliphatic rings. The van der Waals surface area contributed by atoms with Crippen molar-refractivity contribution in [3.63, 3.8) is 0 Å². The van der Waals surface area contributed by atoms with Gasteiger partial charge >= 0.3 is 0 Å². The Morgan fingerprint density at radius 3 is 1.84 bits per heavy atom. The van der Waals surface area contributed by atoms with Crippen LogP contribution in [0.1, 0.15) is 32.3 Å². The van der Waals surface area contributed by atoms with E-state index in [4.69, 9.17) is 14.2 Å². The third-order valence-corrected chi connectivity index (χ3v) is 3.37. The standard InChI is InChI=1S/C15H25NO3/c1-6-11(7-2)16-10-13-14(18-4)8-12(17-3)9-15(13)19-5/h8-9,11,16H,6-7,10H2,1-5H3. The Hall–Kier alpha value is -1.42. The van der Waals surface area contributed by atoms with Crippen molar-refractivity contribution < 1.29 is 14.2 Å². The Kier molecular flexibility index (Phi) is 6.50. The molecule has 0 aliphatic carbocycles. The summed E-state index contributed by atoms with van der Waals surface area (Å²) in [5, 5.41) is 3.52. The molecule has 108 valence electrons. The molecule has 1 N–H and O–H groups in total. The highest BCUT2D eigenvalue weighted by molar-refractivity contribution is 5.50. The maximum atomic E-state index is 5.43. The summed E-state index contributed by atoms with van der Waals surface area (Å²) in [6.45, 7) is 5.09. The first-order valence-corrected chi connectivity index (χ1v) is 6.72. The van der Waals surface area contributed by atoms with Crippen LogP contribution < -0.4 is 19.5 Å². The lowest BCUT2D eigenvalue weighted by atomic mass is 10.1. The fourth-order valence-electron chi connectivity index (χ4n) is 2.08. The van der Waals surface area contributed by atoms with Crippen molar-refractivity contribution >= 4 is 0 Å². The van der Waals surface area contributed by atoms with Gasteiger partial charge in [-0.05, 0) is 12.8 Å². The summed E-state index contributed by atoms with van der Waals surface area (Å²) in [6.07, 6.45) is 2.22. The molecule has 0 unspecified atom stereocenters. The van der Waals surface area contributed by atoms with Gasteiger partial charge in [0.05, 0.1) is 26.9 Å². The van der Waals surface area contributed by atoms with Crippen molar-refractivity contribution in [3.8, 4) is 17.2 Å². The fourth-order valence-corrected chi connectivity index (χ4v) is 2.08. The maximum absolute atomic E-state index is 5.43. The van der Waals surface area contributed by atoms with Crippen LogP contribution in [0.5, 0.6) is 17.2 Å². The van der Waals surface area contributed by atoms with Gasteiger partial charge < -0.3 is 19.5 Å². The minimum atomic E-state index is 0.511. The predicted octanol–water partition coefficient (Wildman–Crippen LogP) is 2.99. The van der Waals surface area contributed by atoms with Crippen molar-refractivity contribution in [3.05, 3.63) is 17.7 Å². The summed E-state index contributed by atoms with van der Waals surface area (Å²) >= 11 is 0. The minimum absolute atomic E-state index is 0.511. The Bertz CT molecular complexity index is 364. The molecule has 0 saturated heterocycles. The molecular formula is C15H25NO3. The lowest BCUT2D eigenvalue weighted by Crippen LogP contribution is -2.27. The van der Waals surface area contributed by atoms with E-state index < -0.39 is 0 Å². The van der Waals surface area contributed by atoms with E-state index in [2.05, 4.69) is 19.2 Å². The first kappa shape index (κ1) is 15.6. The first-order chi connectivity index (χ1) is 9.19. The summed E-state index contributed by atoms with van der Waals surface area (Å²) in [6, 6.07) is 4.27. The Balaban J connectivity index is 2.96. The Morgan fingerprint density at radius 1 is 0.947 bits per heavy atom. The van der Waals surface area contributed by atoms with Gasteiger partial charge in [-0.25, -0.2) is 0 Å². The highest BCUT2D eigenvalue weighted by Gasteiger charge is 2.14. The molecule has 1 aromatic carbocycles. The lowest BCUT2D eigenvalue weighted by molar-refractivity contribution is 0.363. The van der Waals surface area contributed by atoms with Crippen LogP contribution in [0, 0.1) is 0 Å². The number of hydrogen-bond acceptors (Lipinski definition) is 4. The molecule has 0 amide bonds. The van der Waals surface area contributed by atoms with Crippen LogP contribution in [0.3, 0.4) is 0 Å². The molecule has 0 spiro atoms. The van der Waals surface area contributed by atoms with Gasteiger partial charge in [-0.2, -0.15) is 0 Å². The van der Waals surface area contributed by atoms with Crippen LogP contribution in [-0.2, 0) is 6.54 Å². The second-order valence-electron chi connectivity index (χ2n) is 4.40. The Morgan fingerprint density at radius 2 is 1.47 bits per heavy atom. The fraction of sp³-hybridized carbons (Fsp3) is 0.600. The average molecular weight is 267 g/mol. The molecule has 4 heteroatoms. The zero-order chi connectivity index (χ0) is 14.3. The molecule has 0 radical (unpaired) electrons. The summed E-state index contributed by atoms with van der Waals surface area (Å²) in [5.41, 5.74) is 1.03. The number of methoxy groups -OCH3 is 3. The molecular weight excluding hydrogens is 242 g/mol. The van der Waals surface area contributed by atoms with E-state index >= 15 is 0 Å². The van der Waals surface area contributed by atoms with Crippen LogP contribution in [-0.4, -0.2) is 27.4 Å². The van der Waals surface area contributed by atoms with E-state index in [-0.39, 0.29) is 0 Å². The van der Waals surface area contributed by atoms with Gasteiger partial charge in [0, 0.05) is 24.7 Å². The second kappa shape index (κ2) is 7.89. The average Bonchev–Trinajstić information content (AvgIpc) is 2.47. The van der Waals surface area contributed by atoms with Crippen molar-refractivity contribution in [2.75, 3.05) is 21.3 Å². The number of rotatable bonds is 8. The lowest BCUT2D eigenvalue weighted by Gasteiger charge is -2.19. The van der Waals surface area contributed by atoms with Crippen molar-refractivity contribution in [2.45, 2.75) is 39.3 Å². The molecule has 19 heavy (non-hydrogen) atoms. The number of benzene rings is 1. The van der Waals surface area contributed by atoms with Crippen molar-refractivity contribution in [1.29, 1.82) is 0 Å². The summed E-state index contributed by atoms with van der Waals surface area (Å²) in [4.78, 5) is 0. The number of ether oxygens (including phenoxy) is 3. The van der Waals surface area contributed by atoms with E-state index in [1.807, 2.05) is 12.1 Å². The van der Waals surface area contributed by atoms with E-state index in [1.54, 1.807) is 21.3 Å². The van der Waals surface area contributed by atoms with Gasteiger partial charge in [0.2, 0.25) is 0 Å². The van der Waals surface area contributed by atoms with Crippen LogP contribution in [0.15, 0.2) is 12.1 Å². The zero-order valence-electron chi connectivity index (χ0n) is 12.6. The van der Waals surface area contributed by atoms with Gasteiger partial charge in [-0.1, -0.05) is 13.8 Å². The molecule has 0 aliphatic heterocycles. The largest absolute Gasteiger partial charge is 0.496 e. The normalized spacial score (nSPS) is 10.6. The molecule has 0 aromatic heterocycles.